The van der Waals surface area contributed by atoms with Crippen molar-refractivity contribution in [2.75, 3.05) is 9.80 Å². The highest BCUT2D eigenvalue weighted by molar-refractivity contribution is 6.36. The lowest BCUT2D eigenvalue weighted by molar-refractivity contribution is 0.0906. The van der Waals surface area contributed by atoms with Gasteiger partial charge in [-0.3, -0.25) is 19.2 Å². The zero-order valence-electron chi connectivity index (χ0n) is 37.7. The third-order valence-electron chi connectivity index (χ3n) is 10.6. The Bertz CT molecular complexity index is 2850. The molecule has 0 aliphatic carbocycles. The Morgan fingerprint density at radius 1 is 0.349 bits per heavy atom. The molecule has 63 heavy (non-hydrogen) atoms. The van der Waals surface area contributed by atoms with Crippen molar-refractivity contribution in [2.24, 2.45) is 0 Å². The molecule has 9 heteroatoms. The summed E-state index contributed by atoms with van der Waals surface area (Å²) < 4.78 is 19.9. The number of hydrogen-bond donors (Lipinski definition) is 0. The minimum atomic E-state index is -0.755. The molecule has 4 amide bonds. The maximum Gasteiger partial charge on any atom is 0.266 e. The van der Waals surface area contributed by atoms with Crippen molar-refractivity contribution in [3.05, 3.63) is 149 Å². The number of ether oxygens (including phenoxy) is 3. The van der Waals surface area contributed by atoms with Gasteiger partial charge in [-0.25, -0.2) is 9.80 Å². The van der Waals surface area contributed by atoms with Crippen molar-refractivity contribution in [1.82, 2.24) is 0 Å². The maximum absolute atomic E-state index is 14.5. The van der Waals surface area contributed by atoms with E-state index in [9.17, 15) is 19.2 Å². The van der Waals surface area contributed by atoms with E-state index in [4.69, 9.17) is 14.2 Å². The van der Waals surface area contributed by atoms with Crippen LogP contribution in [-0.2, 0) is 0 Å². The van der Waals surface area contributed by atoms with Gasteiger partial charge in [-0.1, -0.05) is 71.8 Å². The number of anilines is 2. The smallest absolute Gasteiger partial charge is 0.266 e. The number of fused-ring (bicyclic) bond motifs is 2. The molecule has 320 valence electrons. The number of hydrogen-bond acceptors (Lipinski definition) is 7. The van der Waals surface area contributed by atoms with Crippen LogP contribution in [-0.4, -0.2) is 40.4 Å². The number of aryl methyl sites for hydroxylation is 2. The summed E-state index contributed by atoms with van der Waals surface area (Å²) in [6, 6.07) is 35.3. The normalized spacial score (nSPS) is 14.0. The lowest BCUT2D eigenvalue weighted by atomic mass is 9.99. The molecule has 0 unspecified atom stereocenters. The van der Waals surface area contributed by atoms with Crippen molar-refractivity contribution in [1.29, 1.82) is 0 Å². The van der Waals surface area contributed by atoms with Gasteiger partial charge in [0.15, 0.2) is 0 Å². The van der Waals surface area contributed by atoms with Crippen molar-refractivity contribution >= 4 is 35.0 Å². The maximum atomic E-state index is 14.5. The Hall–Kier alpha value is -7.00. The number of carbonyl (C=O) groups excluding carboxylic acids is 4. The van der Waals surface area contributed by atoms with Gasteiger partial charge >= 0.3 is 0 Å². The van der Waals surface area contributed by atoms with Crippen LogP contribution in [0.15, 0.2) is 115 Å². The first kappa shape index (κ1) is 42.7. The molecule has 0 radical (unpaired) electrons. The van der Waals surface area contributed by atoms with Gasteiger partial charge in [0.1, 0.15) is 34.1 Å². The molecule has 2 aliphatic heterocycles. The van der Waals surface area contributed by atoms with Crippen LogP contribution in [0.3, 0.4) is 0 Å². The van der Waals surface area contributed by atoms with E-state index in [0.717, 1.165) is 38.3 Å². The highest BCUT2D eigenvalue weighted by atomic mass is 16.5. The van der Waals surface area contributed by atoms with E-state index in [2.05, 4.69) is 0 Å². The summed E-state index contributed by atoms with van der Waals surface area (Å²) in [5, 5.41) is 0. The first-order valence-electron chi connectivity index (χ1n) is 21.1. The first-order valence-corrected chi connectivity index (χ1v) is 21.1. The van der Waals surface area contributed by atoms with Gasteiger partial charge in [-0.05, 0) is 141 Å². The van der Waals surface area contributed by atoms with Crippen LogP contribution in [0, 0.1) is 13.8 Å². The summed E-state index contributed by atoms with van der Waals surface area (Å²) in [5.74, 6) is -0.846. The Kier molecular flexibility index (Phi) is 10.4. The summed E-state index contributed by atoms with van der Waals surface area (Å²) in [5.41, 5.74) is 6.44. The van der Waals surface area contributed by atoms with E-state index in [1.807, 2.05) is 137 Å². The first-order chi connectivity index (χ1) is 29.5. The summed E-state index contributed by atoms with van der Waals surface area (Å²) in [6.07, 6.45) is 0. The molecule has 0 fully saturated rings. The Balaban J connectivity index is 1.24. The van der Waals surface area contributed by atoms with Gasteiger partial charge < -0.3 is 14.2 Å². The zero-order valence-corrected chi connectivity index (χ0v) is 37.7. The molecule has 2 heterocycles. The molecular weight excluding hydrogens is 789 g/mol. The monoisotopic (exact) mass is 840 g/mol. The van der Waals surface area contributed by atoms with Gasteiger partial charge in [-0.2, -0.15) is 0 Å². The van der Waals surface area contributed by atoms with Crippen molar-refractivity contribution < 1.29 is 33.4 Å². The summed E-state index contributed by atoms with van der Waals surface area (Å²) >= 11 is 0. The van der Waals surface area contributed by atoms with E-state index >= 15 is 0 Å². The fourth-order valence-electron chi connectivity index (χ4n) is 7.83. The van der Waals surface area contributed by atoms with Crippen LogP contribution >= 0.6 is 0 Å². The SMILES string of the molecule is Cc1ccc(-c2ccc3c(c2)C(=O)N(c2ccc(-c4cc(OC(C)(C)C)c(N5C(=O)c6ccc(-c7ccc(C)cc7)cc6C5=O)cc4OC(C)(C)C)c(OC(C)(C)C)c2)C3=O)cc1. The largest absolute Gasteiger partial charge is 0.487 e. The van der Waals surface area contributed by atoms with E-state index < -0.39 is 40.4 Å². The Morgan fingerprint density at radius 3 is 1.21 bits per heavy atom. The number of amides is 4. The van der Waals surface area contributed by atoms with Gasteiger partial charge in [-0.15, -0.1) is 0 Å². The molecule has 8 rings (SSSR count). The molecule has 0 saturated heterocycles. The lowest BCUT2D eigenvalue weighted by Crippen LogP contribution is -2.32. The molecule has 2 aliphatic rings. The summed E-state index contributed by atoms with van der Waals surface area (Å²) in [6.45, 7) is 21.2. The van der Waals surface area contributed by atoms with Crippen LogP contribution in [0.2, 0.25) is 0 Å². The third kappa shape index (κ3) is 8.48. The molecule has 0 bridgehead atoms. The second kappa shape index (κ2) is 15.4. The van der Waals surface area contributed by atoms with E-state index in [1.54, 1.807) is 54.6 Å². The lowest BCUT2D eigenvalue weighted by Gasteiger charge is -2.30. The number of imide groups is 2. The van der Waals surface area contributed by atoms with E-state index in [0.29, 0.717) is 39.4 Å². The molecule has 0 aromatic heterocycles. The summed E-state index contributed by atoms with van der Waals surface area (Å²) in [7, 11) is 0. The highest BCUT2D eigenvalue weighted by Crippen LogP contribution is 2.49. The quantitative estimate of drug-likeness (QED) is 0.141. The fourth-order valence-corrected chi connectivity index (χ4v) is 7.83. The second-order valence-electron chi connectivity index (χ2n) is 19.3. The summed E-state index contributed by atoms with van der Waals surface area (Å²) in [4.78, 5) is 59.3. The van der Waals surface area contributed by atoms with Gasteiger partial charge in [0.25, 0.3) is 23.6 Å². The molecule has 0 saturated carbocycles. The van der Waals surface area contributed by atoms with Crippen molar-refractivity contribution in [2.45, 2.75) is 93.0 Å². The standard InChI is InChI=1S/C54H52N2O7/c1-31-12-16-33(17-13-31)35-20-23-39-42(26-35)50(59)55(48(39)57)37-22-25-38(45(28-37)61-52(3,4)5)41-29-47(63-54(9,10)11)44(30-46(41)62-53(6,7)8)56-49(58)40-24-21-36(27-43(40)51(56)60)34-18-14-32(2)15-19-34/h12-30H,1-11H3. The number of rotatable bonds is 8. The second-order valence-corrected chi connectivity index (χ2v) is 19.3. The predicted octanol–water partition coefficient (Wildman–Crippen LogP) is 12.4. The number of nitrogens with zero attached hydrogens (tertiary/aromatic N) is 2. The van der Waals surface area contributed by atoms with E-state index in [-0.39, 0.29) is 22.6 Å². The minimum absolute atomic E-state index is 0.224. The van der Waals surface area contributed by atoms with Crippen LogP contribution < -0.4 is 24.0 Å². The van der Waals surface area contributed by atoms with Crippen molar-refractivity contribution in [3.63, 3.8) is 0 Å². The number of benzene rings is 6. The Labute approximate surface area is 369 Å². The van der Waals surface area contributed by atoms with Gasteiger partial charge in [0, 0.05) is 23.3 Å². The zero-order chi connectivity index (χ0) is 45.3. The van der Waals surface area contributed by atoms with E-state index in [1.165, 1.54) is 4.90 Å². The minimum Gasteiger partial charge on any atom is -0.487 e. The van der Waals surface area contributed by atoms with Crippen LogP contribution in [0.1, 0.15) is 115 Å². The molecule has 9 nitrogen and oxygen atoms in total. The van der Waals surface area contributed by atoms with Crippen LogP contribution in [0.4, 0.5) is 11.4 Å². The predicted molar refractivity (Wildman–Crippen MR) is 249 cm³/mol. The molecule has 0 N–H and O–H groups in total. The molecule has 0 spiro atoms. The molecular formula is C54H52N2O7. The fraction of sp³-hybridized carbons (Fsp3) is 0.259. The number of carbonyl (C=O) groups is 4. The highest BCUT2D eigenvalue weighted by Gasteiger charge is 2.41. The third-order valence-corrected chi connectivity index (χ3v) is 10.6. The van der Waals surface area contributed by atoms with Gasteiger partial charge in [0.05, 0.1) is 33.6 Å². The van der Waals surface area contributed by atoms with Crippen LogP contribution in [0.5, 0.6) is 17.2 Å². The van der Waals surface area contributed by atoms with Gasteiger partial charge in [0.2, 0.25) is 0 Å². The average molecular weight is 841 g/mol. The topological polar surface area (TPSA) is 102 Å². The van der Waals surface area contributed by atoms with Crippen molar-refractivity contribution in [3.8, 4) is 50.6 Å². The van der Waals surface area contributed by atoms with Crippen LogP contribution in [0.25, 0.3) is 33.4 Å². The molecule has 0 atom stereocenters. The molecule has 6 aromatic carbocycles. The Morgan fingerprint density at radius 2 is 0.730 bits per heavy atom. The molecule has 6 aromatic rings. The average Bonchev–Trinajstić information content (AvgIpc) is 3.60.